The molecule has 0 radical (unpaired) electrons. The highest BCUT2D eigenvalue weighted by atomic mass is 32.2. The molecule has 8 heteroatoms. The van der Waals surface area contributed by atoms with E-state index in [-0.39, 0.29) is 12.6 Å². The lowest BCUT2D eigenvalue weighted by atomic mass is 10.00. The van der Waals surface area contributed by atoms with Crippen molar-refractivity contribution in [2.75, 3.05) is 11.3 Å². The van der Waals surface area contributed by atoms with Crippen LogP contribution in [0.5, 0.6) is 0 Å². The zero-order chi connectivity index (χ0) is 17.7. The normalized spacial score (nSPS) is 23.9. The van der Waals surface area contributed by atoms with Crippen LogP contribution in [-0.4, -0.2) is 32.4 Å². The Morgan fingerprint density at radius 1 is 1.17 bits per heavy atom. The fraction of sp³-hybridized carbons (Fsp3) is 0.562. The Morgan fingerprint density at radius 2 is 1.83 bits per heavy atom. The number of sulfonamides is 1. The van der Waals surface area contributed by atoms with Gasteiger partial charge in [0.15, 0.2) is 5.37 Å². The molecule has 7 nitrogen and oxygen atoms in total. The lowest BCUT2D eigenvalue weighted by Gasteiger charge is -2.21. The lowest BCUT2D eigenvalue weighted by molar-refractivity contribution is -0.148. The van der Waals surface area contributed by atoms with Crippen molar-refractivity contribution in [3.05, 3.63) is 29.8 Å². The molecule has 0 bridgehead atoms. The van der Waals surface area contributed by atoms with Gasteiger partial charge in [0.25, 0.3) is 10.0 Å². The minimum Gasteiger partial charge on any atom is -0.466 e. The first-order valence-corrected chi connectivity index (χ1v) is 9.75. The summed E-state index contributed by atoms with van der Waals surface area (Å²) in [6, 6.07) is 6.88. The first-order valence-electron chi connectivity index (χ1n) is 8.21. The molecule has 0 saturated carbocycles. The number of carbonyl (C=O) groups excluding carboxylic acids is 1. The number of hydrogen-bond acceptors (Lipinski definition) is 6. The zero-order valence-electron chi connectivity index (χ0n) is 14.2. The average Bonchev–Trinajstić information content (AvgIpc) is 3.00. The van der Waals surface area contributed by atoms with Crippen LogP contribution in [0.25, 0.3) is 0 Å². The molecule has 1 aromatic rings. The quantitative estimate of drug-likeness (QED) is 0.640. The molecule has 1 aliphatic heterocycles. The highest BCUT2D eigenvalue weighted by molar-refractivity contribution is 7.93. The molecule has 3 N–H and O–H groups in total. The summed E-state index contributed by atoms with van der Waals surface area (Å²) in [7, 11) is -3.81. The maximum absolute atomic E-state index is 12.7. The van der Waals surface area contributed by atoms with Crippen LogP contribution in [0.4, 0.5) is 5.69 Å². The van der Waals surface area contributed by atoms with E-state index in [1.165, 1.54) is 0 Å². The number of rotatable bonds is 7. The number of aryl methyl sites for hydroxylation is 1. The van der Waals surface area contributed by atoms with E-state index in [0.717, 1.165) is 12.0 Å². The van der Waals surface area contributed by atoms with Crippen LogP contribution in [0.3, 0.4) is 0 Å². The third-order valence-corrected chi connectivity index (χ3v) is 5.73. The van der Waals surface area contributed by atoms with Gasteiger partial charge < -0.3 is 4.74 Å². The Kier molecular flexibility index (Phi) is 6.20. The van der Waals surface area contributed by atoms with Crippen LogP contribution in [0.15, 0.2) is 24.3 Å². The van der Waals surface area contributed by atoms with Crippen molar-refractivity contribution >= 4 is 21.7 Å². The molecule has 1 aromatic carbocycles. The van der Waals surface area contributed by atoms with Crippen molar-refractivity contribution in [1.29, 1.82) is 0 Å². The molecule has 0 aliphatic carbocycles. The van der Waals surface area contributed by atoms with Gasteiger partial charge in [0, 0.05) is 11.7 Å². The van der Waals surface area contributed by atoms with Gasteiger partial charge in [0.1, 0.15) is 5.92 Å². The summed E-state index contributed by atoms with van der Waals surface area (Å²) in [5.41, 5.74) is 7.20. The summed E-state index contributed by atoms with van der Waals surface area (Å²) in [6.45, 7) is 5.83. The van der Waals surface area contributed by atoms with Gasteiger partial charge in [-0.2, -0.15) is 0 Å². The Morgan fingerprint density at radius 3 is 2.38 bits per heavy atom. The van der Waals surface area contributed by atoms with Crippen molar-refractivity contribution in [2.24, 2.45) is 5.92 Å². The first-order chi connectivity index (χ1) is 11.4. The first kappa shape index (κ1) is 18.7. The second kappa shape index (κ2) is 7.96. The summed E-state index contributed by atoms with van der Waals surface area (Å²) in [6.07, 6.45) is 1.48. The minimum absolute atomic E-state index is 0.213. The zero-order valence-corrected chi connectivity index (χ0v) is 15.0. The Balaban J connectivity index is 2.20. The van der Waals surface area contributed by atoms with Crippen LogP contribution in [0.2, 0.25) is 0 Å². The third-order valence-electron chi connectivity index (χ3n) is 4.13. The summed E-state index contributed by atoms with van der Waals surface area (Å²) in [5, 5.41) is -1.09. The van der Waals surface area contributed by atoms with E-state index in [1.807, 2.05) is 26.0 Å². The largest absolute Gasteiger partial charge is 0.466 e. The topological polar surface area (TPSA) is 96.5 Å². The number of esters is 1. The summed E-state index contributed by atoms with van der Waals surface area (Å²) in [4.78, 5) is 12.2. The lowest BCUT2D eigenvalue weighted by Crippen LogP contribution is -2.44. The second-order valence-electron chi connectivity index (χ2n) is 5.70. The molecular formula is C16H25N3O4S. The predicted molar refractivity (Wildman–Crippen MR) is 92.6 cm³/mol. The molecule has 3 unspecified atom stereocenters. The van der Waals surface area contributed by atoms with Gasteiger partial charge in [0.05, 0.1) is 6.61 Å². The maximum Gasteiger partial charge on any atom is 0.313 e. The van der Waals surface area contributed by atoms with Crippen molar-refractivity contribution in [1.82, 2.24) is 10.9 Å². The summed E-state index contributed by atoms with van der Waals surface area (Å²) < 4.78 is 33.0. The molecule has 1 saturated heterocycles. The number of nitrogens with one attached hydrogen (secondary N) is 3. The van der Waals surface area contributed by atoms with Crippen LogP contribution in [0.1, 0.15) is 32.8 Å². The molecule has 0 spiro atoms. The number of anilines is 1. The third kappa shape index (κ3) is 4.06. The standard InChI is InChI=1S/C16H25N3O4S/c1-4-11-7-9-12(10-8-11)19-24(21,22)15-14(16(20)23-6-3)13(5-2)17-18-15/h7-10,13-15,17-19H,4-6H2,1-3H3. The van der Waals surface area contributed by atoms with Crippen LogP contribution in [-0.2, 0) is 26.0 Å². The number of carbonyl (C=O) groups is 1. The van der Waals surface area contributed by atoms with E-state index in [0.29, 0.717) is 12.1 Å². The van der Waals surface area contributed by atoms with Crippen molar-refractivity contribution in [3.8, 4) is 0 Å². The van der Waals surface area contributed by atoms with Gasteiger partial charge >= 0.3 is 5.97 Å². The Labute approximate surface area is 143 Å². The molecule has 1 fully saturated rings. The van der Waals surface area contributed by atoms with Gasteiger partial charge in [-0.05, 0) is 37.5 Å². The molecule has 0 aromatic heterocycles. The van der Waals surface area contributed by atoms with E-state index >= 15 is 0 Å². The summed E-state index contributed by atoms with van der Waals surface area (Å²) in [5.74, 6) is -1.32. The van der Waals surface area contributed by atoms with Gasteiger partial charge in [0.2, 0.25) is 0 Å². The van der Waals surface area contributed by atoms with Crippen molar-refractivity contribution in [2.45, 2.75) is 45.0 Å². The van der Waals surface area contributed by atoms with Gasteiger partial charge in [-0.25, -0.2) is 13.8 Å². The molecular weight excluding hydrogens is 330 g/mol. The molecule has 1 heterocycles. The predicted octanol–water partition coefficient (Wildman–Crippen LogP) is 1.38. The minimum atomic E-state index is -3.81. The molecule has 3 atom stereocenters. The van der Waals surface area contributed by atoms with Gasteiger partial charge in [-0.1, -0.05) is 26.0 Å². The Hall–Kier alpha value is -1.64. The van der Waals surface area contributed by atoms with E-state index in [4.69, 9.17) is 4.74 Å². The van der Waals surface area contributed by atoms with Crippen LogP contribution >= 0.6 is 0 Å². The van der Waals surface area contributed by atoms with Crippen molar-refractivity contribution < 1.29 is 17.9 Å². The average molecular weight is 355 g/mol. The maximum atomic E-state index is 12.7. The molecule has 0 amide bonds. The monoisotopic (exact) mass is 355 g/mol. The molecule has 134 valence electrons. The van der Waals surface area contributed by atoms with Crippen molar-refractivity contribution in [3.63, 3.8) is 0 Å². The molecule has 2 rings (SSSR count). The van der Waals surface area contributed by atoms with E-state index in [2.05, 4.69) is 15.6 Å². The van der Waals surface area contributed by atoms with Gasteiger partial charge in [-0.3, -0.25) is 14.9 Å². The highest BCUT2D eigenvalue weighted by Gasteiger charge is 2.48. The van der Waals surface area contributed by atoms with E-state index < -0.39 is 27.3 Å². The van der Waals surface area contributed by atoms with Crippen LogP contribution in [0, 0.1) is 5.92 Å². The number of ether oxygens (including phenoxy) is 1. The summed E-state index contributed by atoms with van der Waals surface area (Å²) >= 11 is 0. The molecule has 1 aliphatic rings. The van der Waals surface area contributed by atoms with E-state index in [1.54, 1.807) is 19.1 Å². The van der Waals surface area contributed by atoms with Gasteiger partial charge in [-0.15, -0.1) is 0 Å². The fourth-order valence-corrected chi connectivity index (χ4v) is 4.27. The highest BCUT2D eigenvalue weighted by Crippen LogP contribution is 2.25. The number of benzene rings is 1. The number of hydrogen-bond donors (Lipinski definition) is 3. The fourth-order valence-electron chi connectivity index (χ4n) is 2.77. The second-order valence-corrected chi connectivity index (χ2v) is 7.50. The SMILES string of the molecule is CCOC(=O)C1C(CC)NNC1S(=O)(=O)Nc1ccc(CC)cc1. The smallest absolute Gasteiger partial charge is 0.313 e. The number of hydrazine groups is 1. The molecule has 24 heavy (non-hydrogen) atoms. The van der Waals surface area contributed by atoms with Crippen LogP contribution < -0.4 is 15.6 Å². The van der Waals surface area contributed by atoms with E-state index in [9.17, 15) is 13.2 Å². The Bertz CT molecular complexity index is 660.